The van der Waals surface area contributed by atoms with Gasteiger partial charge in [-0.15, -0.1) is 13.2 Å². The molecule has 27 heavy (non-hydrogen) atoms. The van der Waals surface area contributed by atoms with Crippen molar-refractivity contribution >= 4 is 17.0 Å². The van der Waals surface area contributed by atoms with Gasteiger partial charge in [-0.3, -0.25) is 0 Å². The lowest BCUT2D eigenvalue weighted by Gasteiger charge is -2.16. The van der Waals surface area contributed by atoms with Gasteiger partial charge in [0.2, 0.25) is 5.95 Å². The molecule has 8 heteroatoms. The Balaban J connectivity index is 1.84. The van der Waals surface area contributed by atoms with Crippen molar-refractivity contribution in [2.45, 2.75) is 19.5 Å². The van der Waals surface area contributed by atoms with Crippen LogP contribution in [0.2, 0.25) is 0 Å². The summed E-state index contributed by atoms with van der Waals surface area (Å²) in [7, 11) is 3.97. The monoisotopic (exact) mass is 378 g/mol. The molecule has 1 aromatic heterocycles. The molecule has 1 heterocycles. The van der Waals surface area contributed by atoms with Crippen LogP contribution < -0.4 is 10.1 Å². The minimum Gasteiger partial charge on any atom is -0.405 e. The Kier molecular flexibility index (Phi) is 5.55. The lowest BCUT2D eigenvalue weighted by atomic mass is 10.2. The van der Waals surface area contributed by atoms with Crippen LogP contribution in [0.1, 0.15) is 5.56 Å². The van der Waals surface area contributed by atoms with E-state index in [2.05, 4.69) is 19.9 Å². The molecule has 0 fully saturated rings. The standard InChI is InChI=1S/C19H21F3N4O/c1-25(2)11-12-26-16-9-5-4-8-15(16)24-18(26)23-13-14-7-3-6-10-17(14)27-19(20,21)22/h3-10H,11-13H2,1-2H3,(H,23,24). The van der Waals surface area contributed by atoms with Gasteiger partial charge >= 0.3 is 6.36 Å². The predicted molar refractivity (Wildman–Crippen MR) is 98.7 cm³/mol. The molecule has 0 saturated carbocycles. The van der Waals surface area contributed by atoms with Gasteiger partial charge in [0.15, 0.2) is 0 Å². The molecule has 3 aromatic rings. The number of nitrogens with zero attached hydrogens (tertiary/aromatic N) is 3. The van der Waals surface area contributed by atoms with E-state index in [1.165, 1.54) is 12.1 Å². The zero-order valence-corrected chi connectivity index (χ0v) is 15.1. The van der Waals surface area contributed by atoms with Gasteiger partial charge in [0.25, 0.3) is 0 Å². The first kappa shape index (κ1) is 19.0. The Hall–Kier alpha value is -2.74. The Bertz CT molecular complexity index is 905. The number of benzene rings is 2. The molecule has 0 spiro atoms. The van der Waals surface area contributed by atoms with Crippen LogP contribution in [0.5, 0.6) is 5.75 Å². The Morgan fingerprint density at radius 1 is 1.07 bits per heavy atom. The average Bonchev–Trinajstić information content (AvgIpc) is 2.95. The van der Waals surface area contributed by atoms with Crippen LogP contribution in [0, 0.1) is 0 Å². The molecule has 5 nitrogen and oxygen atoms in total. The zero-order chi connectivity index (χ0) is 19.4. The lowest BCUT2D eigenvalue weighted by molar-refractivity contribution is -0.274. The number of nitrogens with one attached hydrogen (secondary N) is 1. The smallest absolute Gasteiger partial charge is 0.405 e. The molecule has 0 bridgehead atoms. The van der Waals surface area contributed by atoms with E-state index in [0.717, 1.165) is 17.6 Å². The summed E-state index contributed by atoms with van der Waals surface area (Å²) < 4.78 is 43.9. The summed E-state index contributed by atoms with van der Waals surface area (Å²) in [6.07, 6.45) is -4.73. The van der Waals surface area contributed by atoms with E-state index in [4.69, 9.17) is 0 Å². The molecule has 144 valence electrons. The third-order valence-electron chi connectivity index (χ3n) is 4.06. The second-order valence-electron chi connectivity index (χ2n) is 6.39. The van der Waals surface area contributed by atoms with E-state index in [0.29, 0.717) is 18.1 Å². The second-order valence-corrected chi connectivity index (χ2v) is 6.39. The fraction of sp³-hybridized carbons (Fsp3) is 0.316. The first-order valence-corrected chi connectivity index (χ1v) is 8.51. The summed E-state index contributed by atoms with van der Waals surface area (Å²) >= 11 is 0. The van der Waals surface area contributed by atoms with Crippen molar-refractivity contribution in [1.29, 1.82) is 0 Å². The molecule has 3 rings (SSSR count). The highest BCUT2D eigenvalue weighted by Gasteiger charge is 2.32. The summed E-state index contributed by atoms with van der Waals surface area (Å²) in [5.74, 6) is 0.397. The van der Waals surface area contributed by atoms with Gasteiger partial charge in [-0.2, -0.15) is 0 Å². The maximum Gasteiger partial charge on any atom is 0.573 e. The number of aromatic nitrogens is 2. The van der Waals surface area contributed by atoms with Crippen molar-refractivity contribution in [2.24, 2.45) is 0 Å². The summed E-state index contributed by atoms with van der Waals surface area (Å²) in [4.78, 5) is 6.64. The van der Waals surface area contributed by atoms with Crippen LogP contribution in [-0.2, 0) is 13.1 Å². The number of imidazole rings is 1. The van der Waals surface area contributed by atoms with E-state index in [9.17, 15) is 13.2 Å². The number of likely N-dealkylation sites (N-methyl/N-ethyl adjacent to an activating group) is 1. The summed E-state index contributed by atoms with van der Waals surface area (Å²) in [5, 5.41) is 3.15. The van der Waals surface area contributed by atoms with E-state index >= 15 is 0 Å². The number of rotatable bonds is 7. The molecule has 0 amide bonds. The molecular formula is C19H21F3N4O. The molecular weight excluding hydrogens is 357 g/mol. The number of hydrogen-bond donors (Lipinski definition) is 1. The molecule has 0 atom stereocenters. The highest BCUT2D eigenvalue weighted by atomic mass is 19.4. The van der Waals surface area contributed by atoms with Crippen molar-refractivity contribution in [3.63, 3.8) is 0 Å². The molecule has 1 N–H and O–H groups in total. The quantitative estimate of drug-likeness (QED) is 0.672. The number of halogens is 3. The lowest BCUT2D eigenvalue weighted by Crippen LogP contribution is -2.20. The number of ether oxygens (including phenoxy) is 1. The average molecular weight is 378 g/mol. The summed E-state index contributed by atoms with van der Waals surface area (Å²) in [6, 6.07) is 13.8. The minimum atomic E-state index is -4.73. The molecule has 0 saturated heterocycles. The van der Waals surface area contributed by atoms with Crippen molar-refractivity contribution < 1.29 is 17.9 Å². The molecule has 2 aromatic carbocycles. The van der Waals surface area contributed by atoms with Crippen LogP contribution in [0.3, 0.4) is 0 Å². The number of fused-ring (bicyclic) bond motifs is 1. The maximum absolute atomic E-state index is 12.6. The molecule has 0 radical (unpaired) electrons. The molecule has 0 aliphatic carbocycles. The normalized spacial score (nSPS) is 11.9. The van der Waals surface area contributed by atoms with E-state index in [1.54, 1.807) is 12.1 Å². The molecule has 0 unspecified atom stereocenters. The number of para-hydroxylation sites is 3. The Morgan fingerprint density at radius 2 is 1.78 bits per heavy atom. The van der Waals surface area contributed by atoms with Crippen LogP contribution >= 0.6 is 0 Å². The highest BCUT2D eigenvalue weighted by molar-refractivity contribution is 5.78. The minimum absolute atomic E-state index is 0.164. The maximum atomic E-state index is 12.6. The third-order valence-corrected chi connectivity index (χ3v) is 4.06. The largest absolute Gasteiger partial charge is 0.573 e. The molecule has 0 aliphatic rings. The van der Waals surface area contributed by atoms with Crippen molar-refractivity contribution in [2.75, 3.05) is 26.0 Å². The Labute approximate surface area is 155 Å². The molecule has 0 aliphatic heterocycles. The fourth-order valence-corrected chi connectivity index (χ4v) is 2.79. The third kappa shape index (κ3) is 4.91. The van der Waals surface area contributed by atoms with Gasteiger partial charge in [-0.05, 0) is 32.3 Å². The van der Waals surface area contributed by atoms with Crippen LogP contribution in [0.25, 0.3) is 11.0 Å². The van der Waals surface area contributed by atoms with Crippen molar-refractivity contribution in [3.8, 4) is 5.75 Å². The Morgan fingerprint density at radius 3 is 2.52 bits per heavy atom. The zero-order valence-electron chi connectivity index (χ0n) is 15.1. The van der Waals surface area contributed by atoms with Gasteiger partial charge < -0.3 is 19.5 Å². The summed E-state index contributed by atoms with van der Waals surface area (Å²) in [6.45, 7) is 1.68. The van der Waals surface area contributed by atoms with Gasteiger partial charge in [0, 0.05) is 25.2 Å². The van der Waals surface area contributed by atoms with E-state index < -0.39 is 6.36 Å². The van der Waals surface area contributed by atoms with E-state index in [1.807, 2.05) is 42.9 Å². The first-order valence-electron chi connectivity index (χ1n) is 8.51. The highest BCUT2D eigenvalue weighted by Crippen LogP contribution is 2.27. The van der Waals surface area contributed by atoms with Crippen LogP contribution in [-0.4, -0.2) is 41.5 Å². The predicted octanol–water partition coefficient (Wildman–Crippen LogP) is 4.11. The second kappa shape index (κ2) is 7.87. The van der Waals surface area contributed by atoms with Crippen molar-refractivity contribution in [3.05, 3.63) is 54.1 Å². The number of anilines is 1. The number of hydrogen-bond acceptors (Lipinski definition) is 4. The SMILES string of the molecule is CN(C)CCn1c(NCc2ccccc2OC(F)(F)F)nc2ccccc21. The topological polar surface area (TPSA) is 42.3 Å². The van der Waals surface area contributed by atoms with Crippen LogP contribution in [0.4, 0.5) is 19.1 Å². The fourth-order valence-electron chi connectivity index (χ4n) is 2.79. The number of alkyl halides is 3. The first-order chi connectivity index (χ1) is 12.8. The van der Waals surface area contributed by atoms with Crippen molar-refractivity contribution in [1.82, 2.24) is 14.5 Å². The van der Waals surface area contributed by atoms with Gasteiger partial charge in [-0.1, -0.05) is 30.3 Å². The van der Waals surface area contributed by atoms with Gasteiger partial charge in [0.1, 0.15) is 5.75 Å². The van der Waals surface area contributed by atoms with Gasteiger partial charge in [-0.25, -0.2) is 4.98 Å². The summed E-state index contributed by atoms with van der Waals surface area (Å²) in [5.41, 5.74) is 2.21. The van der Waals surface area contributed by atoms with Crippen LogP contribution in [0.15, 0.2) is 48.5 Å². The van der Waals surface area contributed by atoms with Gasteiger partial charge in [0.05, 0.1) is 11.0 Å². The van der Waals surface area contributed by atoms with E-state index in [-0.39, 0.29) is 12.3 Å².